The summed E-state index contributed by atoms with van der Waals surface area (Å²) in [5.74, 6) is -0.240. The van der Waals surface area contributed by atoms with E-state index in [2.05, 4.69) is 10.4 Å². The molecule has 1 N–H and O–H groups in total. The van der Waals surface area contributed by atoms with Gasteiger partial charge in [-0.15, -0.1) is 0 Å². The van der Waals surface area contributed by atoms with E-state index in [1.165, 1.54) is 10.2 Å². The SMILES string of the molecule is Cc1ccc(CNC(=O)Cn2ncc3ccccc3c2=O)cc1. The second-order valence-electron chi connectivity index (χ2n) is 5.46. The highest BCUT2D eigenvalue weighted by molar-refractivity contribution is 5.81. The molecule has 0 fully saturated rings. The third-order valence-electron chi connectivity index (χ3n) is 3.67. The Morgan fingerprint density at radius 3 is 2.65 bits per heavy atom. The van der Waals surface area contributed by atoms with Crippen LogP contribution in [-0.4, -0.2) is 15.7 Å². The minimum absolute atomic E-state index is 0.0878. The van der Waals surface area contributed by atoms with E-state index in [1.807, 2.05) is 43.3 Å². The lowest BCUT2D eigenvalue weighted by Crippen LogP contribution is -2.33. The molecule has 1 amide bonds. The smallest absolute Gasteiger partial charge is 0.275 e. The summed E-state index contributed by atoms with van der Waals surface area (Å²) in [6.07, 6.45) is 1.60. The first-order chi connectivity index (χ1) is 11.1. The number of carbonyl (C=O) groups excluding carboxylic acids is 1. The molecular weight excluding hydrogens is 290 g/mol. The van der Waals surface area contributed by atoms with E-state index in [9.17, 15) is 9.59 Å². The summed E-state index contributed by atoms with van der Waals surface area (Å²) in [6.45, 7) is 2.36. The van der Waals surface area contributed by atoms with Gasteiger partial charge in [-0.3, -0.25) is 9.59 Å². The molecule has 0 atom stereocenters. The Hall–Kier alpha value is -2.95. The number of aryl methyl sites for hydroxylation is 1. The first-order valence-electron chi connectivity index (χ1n) is 7.40. The van der Waals surface area contributed by atoms with Gasteiger partial charge in [0.15, 0.2) is 0 Å². The molecule has 0 saturated carbocycles. The predicted molar refractivity (Wildman–Crippen MR) is 89.0 cm³/mol. The average Bonchev–Trinajstić information content (AvgIpc) is 2.57. The summed E-state index contributed by atoms with van der Waals surface area (Å²) in [5, 5.41) is 8.20. The van der Waals surface area contributed by atoms with E-state index in [0.29, 0.717) is 11.9 Å². The van der Waals surface area contributed by atoms with Crippen LogP contribution in [0.2, 0.25) is 0 Å². The van der Waals surface area contributed by atoms with Crippen molar-refractivity contribution in [1.82, 2.24) is 15.1 Å². The van der Waals surface area contributed by atoms with Crippen molar-refractivity contribution in [3.8, 4) is 0 Å². The number of rotatable bonds is 4. The number of nitrogens with one attached hydrogen (secondary N) is 1. The van der Waals surface area contributed by atoms with Gasteiger partial charge < -0.3 is 5.32 Å². The topological polar surface area (TPSA) is 64.0 Å². The van der Waals surface area contributed by atoms with Crippen LogP contribution in [-0.2, 0) is 17.9 Å². The lowest BCUT2D eigenvalue weighted by Gasteiger charge is -2.08. The summed E-state index contributed by atoms with van der Waals surface area (Å²) in [7, 11) is 0. The van der Waals surface area contributed by atoms with Gasteiger partial charge in [0.2, 0.25) is 5.91 Å². The lowest BCUT2D eigenvalue weighted by molar-refractivity contribution is -0.122. The van der Waals surface area contributed by atoms with Crippen LogP contribution in [0.25, 0.3) is 10.8 Å². The molecular formula is C18H17N3O2. The van der Waals surface area contributed by atoms with E-state index >= 15 is 0 Å². The number of hydrogen-bond acceptors (Lipinski definition) is 3. The van der Waals surface area contributed by atoms with Crippen molar-refractivity contribution in [3.05, 3.63) is 76.2 Å². The van der Waals surface area contributed by atoms with Crippen molar-refractivity contribution in [2.45, 2.75) is 20.0 Å². The van der Waals surface area contributed by atoms with Crippen molar-refractivity contribution in [1.29, 1.82) is 0 Å². The number of nitrogens with zero attached hydrogens (tertiary/aromatic N) is 2. The van der Waals surface area contributed by atoms with Crippen molar-refractivity contribution in [3.63, 3.8) is 0 Å². The van der Waals surface area contributed by atoms with Crippen LogP contribution in [0.3, 0.4) is 0 Å². The van der Waals surface area contributed by atoms with Gasteiger partial charge in [0.25, 0.3) is 5.56 Å². The van der Waals surface area contributed by atoms with Crippen molar-refractivity contribution in [2.75, 3.05) is 0 Å². The van der Waals surface area contributed by atoms with E-state index in [-0.39, 0.29) is 18.0 Å². The highest BCUT2D eigenvalue weighted by Gasteiger charge is 2.08. The van der Waals surface area contributed by atoms with Crippen LogP contribution in [0, 0.1) is 6.92 Å². The van der Waals surface area contributed by atoms with Crippen molar-refractivity contribution < 1.29 is 4.79 Å². The molecule has 5 heteroatoms. The zero-order valence-electron chi connectivity index (χ0n) is 12.8. The van der Waals surface area contributed by atoms with E-state index in [1.54, 1.807) is 18.3 Å². The highest BCUT2D eigenvalue weighted by atomic mass is 16.2. The van der Waals surface area contributed by atoms with Gasteiger partial charge in [-0.1, -0.05) is 48.0 Å². The number of hydrogen-bond donors (Lipinski definition) is 1. The maximum Gasteiger partial charge on any atom is 0.275 e. The fraction of sp³-hybridized carbons (Fsp3) is 0.167. The van der Waals surface area contributed by atoms with Crippen LogP contribution in [0.1, 0.15) is 11.1 Å². The minimum Gasteiger partial charge on any atom is -0.350 e. The standard InChI is InChI=1S/C18H17N3O2/c1-13-6-8-14(9-7-13)10-19-17(22)12-21-18(23)16-5-3-2-4-15(16)11-20-21/h2-9,11H,10,12H2,1H3,(H,19,22). The fourth-order valence-corrected chi connectivity index (χ4v) is 2.34. The normalized spacial score (nSPS) is 10.7. The van der Waals surface area contributed by atoms with Crippen LogP contribution in [0.15, 0.2) is 59.5 Å². The van der Waals surface area contributed by atoms with Crippen molar-refractivity contribution >= 4 is 16.7 Å². The Kier molecular flexibility index (Phi) is 4.19. The first kappa shape index (κ1) is 15.0. The van der Waals surface area contributed by atoms with Crippen LogP contribution >= 0.6 is 0 Å². The molecule has 0 spiro atoms. The lowest BCUT2D eigenvalue weighted by atomic mass is 10.1. The molecule has 0 unspecified atom stereocenters. The maximum atomic E-state index is 12.3. The van der Waals surface area contributed by atoms with E-state index in [0.717, 1.165) is 10.9 Å². The first-order valence-corrected chi connectivity index (χ1v) is 7.40. The van der Waals surface area contributed by atoms with Gasteiger partial charge in [-0.05, 0) is 18.6 Å². The number of amides is 1. The van der Waals surface area contributed by atoms with Crippen LogP contribution in [0.5, 0.6) is 0 Å². The van der Waals surface area contributed by atoms with E-state index in [4.69, 9.17) is 0 Å². The highest BCUT2D eigenvalue weighted by Crippen LogP contribution is 2.06. The number of aromatic nitrogens is 2. The van der Waals surface area contributed by atoms with Gasteiger partial charge in [-0.2, -0.15) is 5.10 Å². The molecule has 2 aromatic carbocycles. The quantitative estimate of drug-likeness (QED) is 0.802. The minimum atomic E-state index is -0.256. The monoisotopic (exact) mass is 307 g/mol. The summed E-state index contributed by atoms with van der Waals surface area (Å²) < 4.78 is 1.19. The maximum absolute atomic E-state index is 12.3. The molecule has 0 aliphatic carbocycles. The van der Waals surface area contributed by atoms with Crippen LogP contribution in [0.4, 0.5) is 0 Å². The molecule has 3 rings (SSSR count). The van der Waals surface area contributed by atoms with Gasteiger partial charge in [0, 0.05) is 11.9 Å². The molecule has 116 valence electrons. The zero-order chi connectivity index (χ0) is 16.2. The molecule has 0 bridgehead atoms. The van der Waals surface area contributed by atoms with Gasteiger partial charge in [-0.25, -0.2) is 4.68 Å². The summed E-state index contributed by atoms with van der Waals surface area (Å²) in [6, 6.07) is 15.1. The predicted octanol–water partition coefficient (Wildman–Crippen LogP) is 2.02. The number of benzene rings is 2. The third kappa shape index (κ3) is 3.45. The molecule has 3 aromatic rings. The van der Waals surface area contributed by atoms with Crippen LogP contribution < -0.4 is 10.9 Å². The summed E-state index contributed by atoms with van der Waals surface area (Å²) in [4.78, 5) is 24.3. The molecule has 0 saturated heterocycles. The molecule has 0 aliphatic heterocycles. The average molecular weight is 307 g/mol. The second kappa shape index (κ2) is 6.44. The Morgan fingerprint density at radius 2 is 1.87 bits per heavy atom. The molecule has 0 radical (unpaired) electrons. The summed E-state index contributed by atoms with van der Waals surface area (Å²) in [5.41, 5.74) is 1.93. The van der Waals surface area contributed by atoms with Crippen molar-refractivity contribution in [2.24, 2.45) is 0 Å². The second-order valence-corrected chi connectivity index (χ2v) is 5.46. The van der Waals surface area contributed by atoms with E-state index < -0.39 is 0 Å². The Morgan fingerprint density at radius 1 is 1.13 bits per heavy atom. The van der Waals surface area contributed by atoms with Gasteiger partial charge in [0.1, 0.15) is 6.54 Å². The number of carbonyl (C=O) groups is 1. The molecule has 5 nitrogen and oxygen atoms in total. The largest absolute Gasteiger partial charge is 0.350 e. The Labute approximate surface area is 133 Å². The fourth-order valence-electron chi connectivity index (χ4n) is 2.34. The Bertz CT molecular complexity index is 898. The number of fused-ring (bicyclic) bond motifs is 1. The molecule has 23 heavy (non-hydrogen) atoms. The molecule has 1 heterocycles. The zero-order valence-corrected chi connectivity index (χ0v) is 12.8. The van der Waals surface area contributed by atoms with Gasteiger partial charge >= 0.3 is 0 Å². The van der Waals surface area contributed by atoms with Gasteiger partial charge in [0.05, 0.1) is 11.6 Å². The molecule has 0 aliphatic rings. The Balaban J connectivity index is 1.69. The molecule has 1 aromatic heterocycles. The third-order valence-corrected chi connectivity index (χ3v) is 3.67. The summed E-state index contributed by atoms with van der Waals surface area (Å²) >= 11 is 0.